The molecule has 3 amide bonds. The molecule has 3 fully saturated rings. The van der Waals surface area contributed by atoms with Crippen molar-refractivity contribution in [2.45, 2.75) is 56.7 Å². The minimum atomic E-state index is -4.78. The molecule has 11 heteroatoms. The van der Waals surface area contributed by atoms with Crippen molar-refractivity contribution in [2.75, 3.05) is 6.54 Å². The predicted octanol–water partition coefficient (Wildman–Crippen LogP) is -0.0202. The van der Waals surface area contributed by atoms with Gasteiger partial charge in [0.1, 0.15) is 6.04 Å². The first-order valence-electron chi connectivity index (χ1n) is 7.57. The highest BCUT2D eigenvalue weighted by atomic mass is 32.3. The molecule has 0 aromatic rings. The van der Waals surface area contributed by atoms with Crippen LogP contribution in [0.3, 0.4) is 0 Å². The largest absolute Gasteiger partial charge is 0.418 e. The second-order valence-electron chi connectivity index (χ2n) is 6.00. The minimum Gasteiger partial charge on any atom is -0.309 e. The number of carbonyl (C=O) groups excluding carboxylic acids is 2. The summed E-state index contributed by atoms with van der Waals surface area (Å²) < 4.78 is 34.7. The van der Waals surface area contributed by atoms with Crippen molar-refractivity contribution < 1.29 is 31.7 Å². The molecule has 3 aliphatic rings. The topological polar surface area (TPSA) is 125 Å². The summed E-state index contributed by atoms with van der Waals surface area (Å²) >= 11 is 0. The standard InChI is InChI=1S/C12H19N3O7S/c16-11(13-21-9-3-1-2-4-9)10-6-5-8-7-14(10)12(17)15(8)22-23(18,19)20/h8-10H,1-7H2,(H,13,16)(H,18,19,20)/t8?,10-/m0/s1. The van der Waals surface area contributed by atoms with E-state index in [0.29, 0.717) is 17.9 Å². The predicted molar refractivity (Wildman–Crippen MR) is 74.9 cm³/mol. The van der Waals surface area contributed by atoms with Gasteiger partial charge in [0, 0.05) is 6.54 Å². The Balaban J connectivity index is 1.60. The number of urea groups is 1. The SMILES string of the molecule is O=C(NOC1CCCC1)[C@@H]1CCC2CN1C(=O)N2OS(=O)(=O)O. The van der Waals surface area contributed by atoms with Gasteiger partial charge in [-0.15, -0.1) is 4.28 Å². The van der Waals surface area contributed by atoms with Gasteiger partial charge in [-0.3, -0.25) is 14.2 Å². The van der Waals surface area contributed by atoms with Gasteiger partial charge in [0.25, 0.3) is 5.91 Å². The van der Waals surface area contributed by atoms with Crippen LogP contribution >= 0.6 is 0 Å². The number of piperidine rings is 1. The van der Waals surface area contributed by atoms with Crippen LogP contribution < -0.4 is 5.48 Å². The Kier molecular flexibility index (Phi) is 4.45. The molecule has 0 radical (unpaired) electrons. The van der Waals surface area contributed by atoms with Crippen LogP contribution in [-0.2, 0) is 24.3 Å². The highest BCUT2D eigenvalue weighted by Crippen LogP contribution is 2.30. The van der Waals surface area contributed by atoms with Crippen molar-refractivity contribution in [3.05, 3.63) is 0 Å². The summed E-state index contributed by atoms with van der Waals surface area (Å²) in [6.45, 7) is 0.163. The van der Waals surface area contributed by atoms with Crippen molar-refractivity contribution in [3.63, 3.8) is 0 Å². The second kappa shape index (κ2) is 6.23. The molecule has 10 nitrogen and oxygen atoms in total. The highest BCUT2D eigenvalue weighted by Gasteiger charge is 2.49. The zero-order valence-electron chi connectivity index (χ0n) is 12.4. The molecule has 2 atom stereocenters. The Morgan fingerprint density at radius 2 is 1.91 bits per heavy atom. The average Bonchev–Trinajstić information content (AvgIpc) is 3.08. The van der Waals surface area contributed by atoms with Crippen LogP contribution in [0.25, 0.3) is 0 Å². The quantitative estimate of drug-likeness (QED) is 0.528. The third kappa shape index (κ3) is 3.57. The number of rotatable bonds is 5. The molecule has 2 aliphatic heterocycles. The van der Waals surface area contributed by atoms with Gasteiger partial charge in [0.05, 0.1) is 12.1 Å². The molecule has 130 valence electrons. The van der Waals surface area contributed by atoms with E-state index in [1.807, 2.05) is 0 Å². The maximum Gasteiger partial charge on any atom is 0.418 e. The summed E-state index contributed by atoms with van der Waals surface area (Å²) in [6, 6.07) is -2.01. The first-order valence-corrected chi connectivity index (χ1v) is 8.94. The van der Waals surface area contributed by atoms with E-state index in [0.717, 1.165) is 25.7 Å². The van der Waals surface area contributed by atoms with Gasteiger partial charge >= 0.3 is 16.4 Å². The maximum atomic E-state index is 12.2. The molecule has 2 bridgehead atoms. The van der Waals surface area contributed by atoms with Gasteiger partial charge in [0.2, 0.25) is 0 Å². The Morgan fingerprint density at radius 3 is 2.57 bits per heavy atom. The Labute approximate surface area is 133 Å². The Hall–Kier alpha value is -1.43. The van der Waals surface area contributed by atoms with Crippen molar-refractivity contribution in [3.8, 4) is 0 Å². The lowest BCUT2D eigenvalue weighted by Gasteiger charge is -2.29. The van der Waals surface area contributed by atoms with E-state index in [2.05, 4.69) is 9.76 Å². The number of carbonyl (C=O) groups is 2. The Morgan fingerprint density at radius 1 is 1.22 bits per heavy atom. The summed E-state index contributed by atoms with van der Waals surface area (Å²) in [5.41, 5.74) is 2.40. The summed E-state index contributed by atoms with van der Waals surface area (Å²) in [5.74, 6) is -0.433. The van der Waals surface area contributed by atoms with E-state index in [1.54, 1.807) is 0 Å². The van der Waals surface area contributed by atoms with Gasteiger partial charge in [-0.25, -0.2) is 10.3 Å². The van der Waals surface area contributed by atoms with E-state index in [1.165, 1.54) is 4.90 Å². The molecule has 1 unspecified atom stereocenters. The number of fused-ring (bicyclic) bond motifs is 2. The molecule has 2 N–H and O–H groups in total. The van der Waals surface area contributed by atoms with Crippen LogP contribution in [0.5, 0.6) is 0 Å². The summed E-state index contributed by atoms with van der Waals surface area (Å²) in [5, 5.41) is 0.612. The molecular formula is C12H19N3O7S. The van der Waals surface area contributed by atoms with E-state index in [9.17, 15) is 18.0 Å². The van der Waals surface area contributed by atoms with Crippen LogP contribution in [0.2, 0.25) is 0 Å². The monoisotopic (exact) mass is 349 g/mol. The van der Waals surface area contributed by atoms with Crippen molar-refractivity contribution in [1.29, 1.82) is 0 Å². The number of nitrogens with zero attached hydrogens (tertiary/aromatic N) is 2. The number of hydroxylamine groups is 3. The lowest BCUT2D eigenvalue weighted by Crippen LogP contribution is -2.50. The number of hydrogen-bond acceptors (Lipinski definition) is 6. The zero-order valence-corrected chi connectivity index (χ0v) is 13.2. The first kappa shape index (κ1) is 16.4. The first-order chi connectivity index (χ1) is 10.8. The molecular weight excluding hydrogens is 330 g/mol. The molecule has 0 aromatic carbocycles. The van der Waals surface area contributed by atoms with Crippen LogP contribution in [0.1, 0.15) is 38.5 Å². The van der Waals surface area contributed by atoms with E-state index < -0.39 is 34.4 Å². The van der Waals surface area contributed by atoms with Gasteiger partial charge in [-0.2, -0.15) is 13.5 Å². The third-order valence-electron chi connectivity index (χ3n) is 4.43. The molecule has 1 aliphatic carbocycles. The highest BCUT2D eigenvalue weighted by molar-refractivity contribution is 7.80. The van der Waals surface area contributed by atoms with Gasteiger partial charge in [0.15, 0.2) is 0 Å². The number of hydrogen-bond donors (Lipinski definition) is 2. The third-order valence-corrected chi connectivity index (χ3v) is 4.78. The van der Waals surface area contributed by atoms with Crippen LogP contribution in [0.15, 0.2) is 0 Å². The van der Waals surface area contributed by atoms with Gasteiger partial charge < -0.3 is 4.90 Å². The fourth-order valence-electron chi connectivity index (χ4n) is 3.32. The lowest BCUT2D eigenvalue weighted by molar-refractivity contribution is -0.143. The minimum absolute atomic E-state index is 0.00364. The number of amides is 3. The molecule has 0 aromatic heterocycles. The van der Waals surface area contributed by atoms with Crippen LogP contribution in [0.4, 0.5) is 4.79 Å². The fourth-order valence-corrected chi connectivity index (χ4v) is 3.71. The van der Waals surface area contributed by atoms with Crippen molar-refractivity contribution >= 4 is 22.3 Å². The van der Waals surface area contributed by atoms with E-state index in [4.69, 9.17) is 9.39 Å². The summed E-state index contributed by atoms with van der Waals surface area (Å²) in [6.07, 6.45) is 4.68. The van der Waals surface area contributed by atoms with Gasteiger partial charge in [-0.1, -0.05) is 12.8 Å². The lowest BCUT2D eigenvalue weighted by atomic mass is 10.0. The Bertz CT molecular complexity index is 589. The normalized spacial score (nSPS) is 28.5. The maximum absolute atomic E-state index is 12.2. The smallest absolute Gasteiger partial charge is 0.309 e. The average molecular weight is 349 g/mol. The van der Waals surface area contributed by atoms with Crippen molar-refractivity contribution in [2.24, 2.45) is 0 Å². The van der Waals surface area contributed by atoms with E-state index in [-0.39, 0.29) is 12.6 Å². The number of nitrogens with one attached hydrogen (secondary N) is 1. The molecule has 2 saturated heterocycles. The molecule has 0 spiro atoms. The molecule has 23 heavy (non-hydrogen) atoms. The summed E-state index contributed by atoms with van der Waals surface area (Å²) in [4.78, 5) is 31.0. The fraction of sp³-hybridized carbons (Fsp3) is 0.833. The van der Waals surface area contributed by atoms with Crippen molar-refractivity contribution in [1.82, 2.24) is 15.4 Å². The zero-order chi connectivity index (χ0) is 16.6. The van der Waals surface area contributed by atoms with Crippen LogP contribution in [-0.4, -0.2) is 59.6 Å². The molecule has 2 heterocycles. The molecule has 1 saturated carbocycles. The van der Waals surface area contributed by atoms with Crippen LogP contribution in [0, 0.1) is 0 Å². The summed E-state index contributed by atoms with van der Waals surface area (Å²) in [7, 11) is -4.78. The van der Waals surface area contributed by atoms with E-state index >= 15 is 0 Å². The van der Waals surface area contributed by atoms with Gasteiger partial charge in [-0.05, 0) is 25.7 Å². The second-order valence-corrected chi connectivity index (χ2v) is 7.01. The molecule has 3 rings (SSSR count).